The lowest BCUT2D eigenvalue weighted by molar-refractivity contribution is -0.136. The molecule has 26 heavy (non-hydrogen) atoms. The van der Waals surface area contributed by atoms with Gasteiger partial charge in [-0.1, -0.05) is 18.2 Å². The van der Waals surface area contributed by atoms with E-state index in [9.17, 15) is 4.79 Å². The van der Waals surface area contributed by atoms with Crippen molar-refractivity contribution in [2.24, 2.45) is 0 Å². The lowest BCUT2D eigenvalue weighted by atomic mass is 10.1. The number of benzene rings is 1. The zero-order valence-electron chi connectivity index (χ0n) is 16.5. The second kappa shape index (κ2) is 8.87. The number of aryl methyl sites for hydroxylation is 1. The predicted octanol–water partition coefficient (Wildman–Crippen LogP) is 2.53. The number of anilines is 1. The molecule has 0 aromatic heterocycles. The highest BCUT2D eigenvalue weighted by molar-refractivity contribution is 5.77. The molecule has 0 aliphatic carbocycles. The van der Waals surface area contributed by atoms with Crippen molar-refractivity contribution >= 4 is 11.6 Å². The smallest absolute Gasteiger partial charge is 0.225 e. The summed E-state index contributed by atoms with van der Waals surface area (Å²) in [6.07, 6.45) is 1.56. The Balaban J connectivity index is 1.54. The Hall–Kier alpha value is -1.59. The molecule has 0 unspecified atom stereocenters. The van der Waals surface area contributed by atoms with Gasteiger partial charge < -0.3 is 14.5 Å². The number of para-hydroxylation sites is 1. The van der Waals surface area contributed by atoms with Crippen molar-refractivity contribution in [1.29, 1.82) is 0 Å². The third-order valence-corrected chi connectivity index (χ3v) is 5.61. The molecule has 0 bridgehead atoms. The van der Waals surface area contributed by atoms with Crippen LogP contribution in [0.2, 0.25) is 0 Å². The van der Waals surface area contributed by atoms with Gasteiger partial charge in [0.2, 0.25) is 5.91 Å². The van der Waals surface area contributed by atoms with Crippen LogP contribution in [0.25, 0.3) is 0 Å². The Morgan fingerprint density at radius 2 is 1.96 bits per heavy atom. The van der Waals surface area contributed by atoms with Crippen molar-refractivity contribution in [2.75, 3.05) is 50.8 Å². The van der Waals surface area contributed by atoms with Gasteiger partial charge in [0.05, 0.1) is 19.1 Å². The summed E-state index contributed by atoms with van der Waals surface area (Å²) in [7, 11) is 0. The van der Waals surface area contributed by atoms with Crippen molar-refractivity contribution in [3.05, 3.63) is 29.8 Å². The first-order valence-electron chi connectivity index (χ1n) is 9.98. The van der Waals surface area contributed by atoms with Gasteiger partial charge in [0.25, 0.3) is 0 Å². The van der Waals surface area contributed by atoms with E-state index in [4.69, 9.17) is 4.74 Å². The number of ether oxygens (including phenoxy) is 1. The number of hydrogen-bond donors (Lipinski definition) is 0. The summed E-state index contributed by atoms with van der Waals surface area (Å²) in [4.78, 5) is 19.7. The zero-order valence-corrected chi connectivity index (χ0v) is 16.5. The van der Waals surface area contributed by atoms with E-state index in [1.807, 2.05) is 4.90 Å². The zero-order chi connectivity index (χ0) is 18.5. The molecule has 1 amide bonds. The van der Waals surface area contributed by atoms with E-state index >= 15 is 0 Å². The third-order valence-electron chi connectivity index (χ3n) is 5.61. The van der Waals surface area contributed by atoms with Crippen LogP contribution in [0.1, 0.15) is 32.3 Å². The normalized spacial score (nSPS) is 22.5. The van der Waals surface area contributed by atoms with E-state index < -0.39 is 0 Å². The van der Waals surface area contributed by atoms with E-state index in [2.05, 4.69) is 54.8 Å². The lowest BCUT2D eigenvalue weighted by Gasteiger charge is -2.36. The molecule has 0 radical (unpaired) electrons. The summed E-state index contributed by atoms with van der Waals surface area (Å²) in [5, 5.41) is 0. The third kappa shape index (κ3) is 4.77. The van der Waals surface area contributed by atoms with Crippen LogP contribution in [-0.2, 0) is 9.53 Å². The highest BCUT2D eigenvalue weighted by Gasteiger charge is 2.27. The van der Waals surface area contributed by atoms with Crippen LogP contribution < -0.4 is 4.90 Å². The van der Waals surface area contributed by atoms with Crippen molar-refractivity contribution in [3.8, 4) is 0 Å². The molecule has 2 aliphatic rings. The summed E-state index contributed by atoms with van der Waals surface area (Å²) < 4.78 is 5.86. The van der Waals surface area contributed by atoms with Gasteiger partial charge in [-0.2, -0.15) is 0 Å². The Bertz CT molecular complexity index is 605. The average Bonchev–Trinajstić information content (AvgIpc) is 2.88. The van der Waals surface area contributed by atoms with Gasteiger partial charge >= 0.3 is 0 Å². The van der Waals surface area contributed by atoms with Crippen molar-refractivity contribution < 1.29 is 9.53 Å². The number of rotatable bonds is 4. The van der Waals surface area contributed by atoms with Crippen LogP contribution in [0.4, 0.5) is 5.69 Å². The molecule has 144 valence electrons. The Morgan fingerprint density at radius 1 is 1.15 bits per heavy atom. The first-order valence-corrected chi connectivity index (χ1v) is 9.98. The van der Waals surface area contributed by atoms with Crippen LogP contribution >= 0.6 is 0 Å². The fraction of sp³-hybridized carbons (Fsp3) is 0.667. The van der Waals surface area contributed by atoms with Crippen molar-refractivity contribution in [3.63, 3.8) is 0 Å². The minimum absolute atomic E-state index is 0.0365. The molecule has 5 heteroatoms. The number of nitrogens with zero attached hydrogens (tertiary/aromatic N) is 3. The SMILES string of the molecule is Cc1ccccc1N1CCCN(C(=O)C[C@H]2CN(C(C)C)CCO2)CC1. The van der Waals surface area contributed by atoms with Crippen LogP contribution in [0.15, 0.2) is 24.3 Å². The maximum atomic E-state index is 12.8. The molecule has 1 aromatic carbocycles. The number of hydrogen-bond acceptors (Lipinski definition) is 4. The first-order chi connectivity index (χ1) is 12.5. The summed E-state index contributed by atoms with van der Waals surface area (Å²) in [5.74, 6) is 0.243. The fourth-order valence-corrected chi connectivity index (χ4v) is 3.98. The molecule has 0 saturated carbocycles. The number of amides is 1. The summed E-state index contributed by atoms with van der Waals surface area (Å²) in [5.41, 5.74) is 2.60. The van der Waals surface area contributed by atoms with Crippen LogP contribution in [0.5, 0.6) is 0 Å². The number of morpholine rings is 1. The van der Waals surface area contributed by atoms with Gasteiger partial charge in [0, 0.05) is 51.0 Å². The molecular weight excluding hydrogens is 326 g/mol. The van der Waals surface area contributed by atoms with Gasteiger partial charge in [-0.25, -0.2) is 0 Å². The van der Waals surface area contributed by atoms with Crippen LogP contribution in [-0.4, -0.2) is 73.7 Å². The van der Waals surface area contributed by atoms with E-state index in [1.165, 1.54) is 11.3 Å². The summed E-state index contributed by atoms with van der Waals surface area (Å²) in [6, 6.07) is 9.03. The molecule has 2 aliphatic heterocycles. The maximum Gasteiger partial charge on any atom is 0.225 e. The monoisotopic (exact) mass is 359 g/mol. The molecule has 1 atom stereocenters. The number of carbonyl (C=O) groups excluding carboxylic acids is 1. The molecular formula is C21H33N3O2. The van der Waals surface area contributed by atoms with E-state index in [1.54, 1.807) is 0 Å². The fourth-order valence-electron chi connectivity index (χ4n) is 3.98. The van der Waals surface area contributed by atoms with Gasteiger partial charge in [-0.15, -0.1) is 0 Å². The second-order valence-corrected chi connectivity index (χ2v) is 7.79. The molecule has 2 heterocycles. The molecule has 2 fully saturated rings. The predicted molar refractivity (Wildman–Crippen MR) is 106 cm³/mol. The van der Waals surface area contributed by atoms with Gasteiger partial charge in [0.1, 0.15) is 0 Å². The largest absolute Gasteiger partial charge is 0.375 e. The molecule has 0 N–H and O–H groups in total. The van der Waals surface area contributed by atoms with E-state index in [0.29, 0.717) is 12.5 Å². The van der Waals surface area contributed by atoms with Gasteiger partial charge in [-0.05, 0) is 38.8 Å². The molecule has 2 saturated heterocycles. The minimum Gasteiger partial charge on any atom is -0.375 e. The standard InChI is InChI=1S/C21H33N3O2/c1-17(2)24-13-14-26-19(16-24)15-21(25)23-10-6-9-22(11-12-23)20-8-5-4-7-18(20)3/h4-5,7-8,17,19H,6,9-16H2,1-3H3/t19-/m0/s1. The summed E-state index contributed by atoms with van der Waals surface area (Å²) in [6.45, 7) is 12.7. The highest BCUT2D eigenvalue weighted by Crippen LogP contribution is 2.21. The van der Waals surface area contributed by atoms with Gasteiger partial charge in [0.15, 0.2) is 0 Å². The highest BCUT2D eigenvalue weighted by atomic mass is 16.5. The molecule has 3 rings (SSSR count). The van der Waals surface area contributed by atoms with Crippen LogP contribution in [0.3, 0.4) is 0 Å². The Morgan fingerprint density at radius 3 is 2.73 bits per heavy atom. The lowest BCUT2D eigenvalue weighted by Crippen LogP contribution is -2.47. The summed E-state index contributed by atoms with van der Waals surface area (Å²) >= 11 is 0. The number of carbonyl (C=O) groups is 1. The Kier molecular flexibility index (Phi) is 6.54. The second-order valence-electron chi connectivity index (χ2n) is 7.79. The molecule has 5 nitrogen and oxygen atoms in total. The van der Waals surface area contributed by atoms with Crippen molar-refractivity contribution in [1.82, 2.24) is 9.80 Å². The minimum atomic E-state index is 0.0365. The maximum absolute atomic E-state index is 12.8. The van der Waals surface area contributed by atoms with Crippen molar-refractivity contribution in [2.45, 2.75) is 45.8 Å². The van der Waals surface area contributed by atoms with Crippen LogP contribution in [0, 0.1) is 6.92 Å². The first kappa shape index (κ1) is 19.2. The average molecular weight is 360 g/mol. The quantitative estimate of drug-likeness (QED) is 0.828. The molecule has 1 aromatic rings. The Labute approximate surface area is 157 Å². The van der Waals surface area contributed by atoms with E-state index in [0.717, 1.165) is 52.3 Å². The van der Waals surface area contributed by atoms with Gasteiger partial charge in [-0.3, -0.25) is 9.69 Å². The van der Waals surface area contributed by atoms with E-state index in [-0.39, 0.29) is 12.0 Å². The molecule has 0 spiro atoms. The topological polar surface area (TPSA) is 36.0 Å².